The Morgan fingerprint density at radius 3 is 2.76 bits per heavy atom. The van der Waals surface area contributed by atoms with Gasteiger partial charge in [-0.1, -0.05) is 17.7 Å². The van der Waals surface area contributed by atoms with Gasteiger partial charge in [0.05, 0.1) is 18.6 Å². The van der Waals surface area contributed by atoms with Crippen molar-refractivity contribution in [2.45, 2.75) is 20.4 Å². The van der Waals surface area contributed by atoms with Gasteiger partial charge in [-0.15, -0.1) is 0 Å². The van der Waals surface area contributed by atoms with E-state index in [2.05, 4.69) is 0 Å². The van der Waals surface area contributed by atoms with Gasteiger partial charge in [-0.2, -0.15) is 0 Å². The monoisotopic (exact) mass is 254 g/mol. The van der Waals surface area contributed by atoms with Gasteiger partial charge in [0.2, 0.25) is 0 Å². The fourth-order valence-electron chi connectivity index (χ4n) is 1.70. The number of amides is 1. The molecule has 0 atom stereocenters. The highest BCUT2D eigenvalue weighted by atomic mass is 35.5. The highest BCUT2D eigenvalue weighted by Crippen LogP contribution is 2.31. The van der Waals surface area contributed by atoms with Crippen molar-refractivity contribution in [2.24, 2.45) is 5.41 Å². The Balaban J connectivity index is 2.21. The third kappa shape index (κ3) is 2.23. The summed E-state index contributed by atoms with van der Waals surface area (Å²) in [4.78, 5) is 17.3. The van der Waals surface area contributed by atoms with E-state index in [1.807, 2.05) is 13.8 Å². The molecule has 17 heavy (non-hydrogen) atoms. The number of benzene rings is 1. The number of hydrogen-bond donors (Lipinski definition) is 1. The molecular weight excluding hydrogens is 240 g/mol. The van der Waals surface area contributed by atoms with Gasteiger partial charge in [0.25, 0.3) is 5.91 Å². The summed E-state index contributed by atoms with van der Waals surface area (Å²) in [5, 5.41) is 1.88. The Bertz CT molecular complexity index is 440. The summed E-state index contributed by atoms with van der Waals surface area (Å²) in [6, 6.07) is 5.28. The van der Waals surface area contributed by atoms with Crippen LogP contribution in [0.2, 0.25) is 5.02 Å². The number of nitrogen functional groups attached to an aromatic ring is 1. The maximum Gasteiger partial charge on any atom is 0.254 e. The molecule has 0 unspecified atom stereocenters. The van der Waals surface area contributed by atoms with Crippen LogP contribution in [0.25, 0.3) is 0 Å². The molecule has 2 rings (SSSR count). The molecule has 1 aliphatic heterocycles. The highest BCUT2D eigenvalue weighted by molar-refractivity contribution is 6.31. The van der Waals surface area contributed by atoms with Gasteiger partial charge in [-0.3, -0.25) is 9.63 Å². The zero-order valence-corrected chi connectivity index (χ0v) is 10.6. The lowest BCUT2D eigenvalue weighted by atomic mass is 9.95. The standard InChI is InChI=1S/C12H15ClN2O2/c1-12(2)7-17-15(11(12)16)6-8-9(13)4-3-5-10(8)14/h3-5H,6-7,14H2,1-2H3. The van der Waals surface area contributed by atoms with Crippen molar-refractivity contribution in [3.05, 3.63) is 28.8 Å². The maximum atomic E-state index is 12.0. The average Bonchev–Trinajstić information content (AvgIpc) is 2.50. The van der Waals surface area contributed by atoms with Crippen molar-refractivity contribution >= 4 is 23.2 Å². The first kappa shape index (κ1) is 12.2. The molecule has 0 spiro atoms. The molecular formula is C12H15ClN2O2. The highest BCUT2D eigenvalue weighted by Gasteiger charge is 2.40. The lowest BCUT2D eigenvalue weighted by Crippen LogP contribution is -2.30. The second-order valence-corrected chi connectivity index (χ2v) is 5.21. The van der Waals surface area contributed by atoms with Crippen LogP contribution in [0.3, 0.4) is 0 Å². The van der Waals surface area contributed by atoms with Gasteiger partial charge in [0.15, 0.2) is 0 Å². The number of nitrogens with two attached hydrogens (primary N) is 1. The molecule has 1 heterocycles. The fraction of sp³-hybridized carbons (Fsp3) is 0.417. The van der Waals surface area contributed by atoms with E-state index >= 15 is 0 Å². The van der Waals surface area contributed by atoms with Crippen LogP contribution in [0, 0.1) is 5.41 Å². The number of carbonyl (C=O) groups excluding carboxylic acids is 1. The Morgan fingerprint density at radius 2 is 2.24 bits per heavy atom. The first-order chi connectivity index (χ1) is 7.92. The SMILES string of the molecule is CC1(C)CON(Cc2c(N)cccc2Cl)C1=O. The van der Waals surface area contributed by atoms with E-state index in [-0.39, 0.29) is 12.5 Å². The number of halogens is 1. The minimum Gasteiger partial charge on any atom is -0.398 e. The van der Waals surface area contributed by atoms with Gasteiger partial charge >= 0.3 is 0 Å². The summed E-state index contributed by atoms with van der Waals surface area (Å²) in [5.74, 6) is -0.0446. The van der Waals surface area contributed by atoms with Crippen molar-refractivity contribution in [1.82, 2.24) is 5.06 Å². The van der Waals surface area contributed by atoms with E-state index < -0.39 is 5.41 Å². The van der Waals surface area contributed by atoms with E-state index in [9.17, 15) is 4.79 Å². The zero-order chi connectivity index (χ0) is 12.6. The number of hydroxylamine groups is 2. The van der Waals surface area contributed by atoms with Crippen LogP contribution in [0.15, 0.2) is 18.2 Å². The number of anilines is 1. The third-order valence-corrected chi connectivity index (χ3v) is 3.20. The molecule has 1 aromatic rings. The summed E-state index contributed by atoms with van der Waals surface area (Å²) < 4.78 is 0. The van der Waals surface area contributed by atoms with E-state index in [1.54, 1.807) is 18.2 Å². The number of hydrogen-bond acceptors (Lipinski definition) is 3. The molecule has 1 amide bonds. The minimum atomic E-state index is -0.476. The Labute approximate surface area is 105 Å². The summed E-state index contributed by atoms with van der Waals surface area (Å²) in [7, 11) is 0. The molecule has 0 saturated carbocycles. The van der Waals surface area contributed by atoms with Crippen LogP contribution in [-0.2, 0) is 16.2 Å². The zero-order valence-electron chi connectivity index (χ0n) is 9.87. The Hall–Kier alpha value is -1.26. The molecule has 0 aliphatic carbocycles. The summed E-state index contributed by atoms with van der Waals surface area (Å²) in [5.41, 5.74) is 6.65. The molecule has 0 radical (unpaired) electrons. The summed E-state index contributed by atoms with van der Waals surface area (Å²) in [6.07, 6.45) is 0. The molecule has 2 N–H and O–H groups in total. The molecule has 1 aliphatic rings. The average molecular weight is 255 g/mol. The second kappa shape index (κ2) is 4.20. The molecule has 1 saturated heterocycles. The number of carbonyl (C=O) groups is 1. The lowest BCUT2D eigenvalue weighted by Gasteiger charge is -2.18. The van der Waals surface area contributed by atoms with Crippen LogP contribution in [0.4, 0.5) is 5.69 Å². The molecule has 1 fully saturated rings. The van der Waals surface area contributed by atoms with Crippen LogP contribution < -0.4 is 5.73 Å². The Kier molecular flexibility index (Phi) is 3.02. The van der Waals surface area contributed by atoms with E-state index in [0.29, 0.717) is 17.3 Å². The van der Waals surface area contributed by atoms with E-state index in [0.717, 1.165) is 5.56 Å². The third-order valence-electron chi connectivity index (χ3n) is 2.84. The predicted molar refractivity (Wildman–Crippen MR) is 66.1 cm³/mol. The van der Waals surface area contributed by atoms with Gasteiger partial charge in [0.1, 0.15) is 0 Å². The van der Waals surface area contributed by atoms with Crippen molar-refractivity contribution in [2.75, 3.05) is 12.3 Å². The van der Waals surface area contributed by atoms with Crippen molar-refractivity contribution in [3.8, 4) is 0 Å². The fourth-order valence-corrected chi connectivity index (χ4v) is 1.94. The first-order valence-electron chi connectivity index (χ1n) is 5.39. The lowest BCUT2D eigenvalue weighted by molar-refractivity contribution is -0.165. The summed E-state index contributed by atoms with van der Waals surface area (Å²) in [6.45, 7) is 4.38. The van der Waals surface area contributed by atoms with Crippen molar-refractivity contribution in [3.63, 3.8) is 0 Å². The van der Waals surface area contributed by atoms with E-state index in [4.69, 9.17) is 22.2 Å². The maximum absolute atomic E-state index is 12.0. The summed E-state index contributed by atoms with van der Waals surface area (Å²) >= 11 is 6.05. The molecule has 1 aromatic carbocycles. The largest absolute Gasteiger partial charge is 0.398 e. The van der Waals surface area contributed by atoms with E-state index in [1.165, 1.54) is 5.06 Å². The molecule has 4 nitrogen and oxygen atoms in total. The van der Waals surface area contributed by atoms with Gasteiger partial charge < -0.3 is 5.73 Å². The quantitative estimate of drug-likeness (QED) is 0.824. The topological polar surface area (TPSA) is 55.6 Å². The number of rotatable bonds is 2. The smallest absolute Gasteiger partial charge is 0.254 e. The van der Waals surface area contributed by atoms with Crippen LogP contribution in [0.1, 0.15) is 19.4 Å². The van der Waals surface area contributed by atoms with Gasteiger partial charge in [0, 0.05) is 16.3 Å². The van der Waals surface area contributed by atoms with Crippen LogP contribution in [-0.4, -0.2) is 17.6 Å². The Morgan fingerprint density at radius 1 is 1.53 bits per heavy atom. The number of nitrogens with zero attached hydrogens (tertiary/aromatic N) is 1. The molecule has 5 heteroatoms. The van der Waals surface area contributed by atoms with Crippen molar-refractivity contribution in [1.29, 1.82) is 0 Å². The second-order valence-electron chi connectivity index (χ2n) is 4.81. The molecule has 92 valence electrons. The van der Waals surface area contributed by atoms with Gasteiger partial charge in [-0.25, -0.2) is 5.06 Å². The normalized spacial score (nSPS) is 18.8. The van der Waals surface area contributed by atoms with Crippen LogP contribution in [0.5, 0.6) is 0 Å². The van der Waals surface area contributed by atoms with Gasteiger partial charge in [-0.05, 0) is 26.0 Å². The minimum absolute atomic E-state index is 0.0446. The molecule has 0 aromatic heterocycles. The van der Waals surface area contributed by atoms with Crippen molar-refractivity contribution < 1.29 is 9.63 Å². The van der Waals surface area contributed by atoms with Crippen LogP contribution >= 0.6 is 11.6 Å². The molecule has 0 bridgehead atoms. The predicted octanol–water partition coefficient (Wildman–Crippen LogP) is 2.22. The first-order valence-corrected chi connectivity index (χ1v) is 5.77.